The molecule has 2 atom stereocenters. The molecule has 34 heavy (non-hydrogen) atoms. The maximum absolute atomic E-state index is 13.1. The van der Waals surface area contributed by atoms with Gasteiger partial charge in [0.05, 0.1) is 0 Å². The monoisotopic (exact) mass is 527 g/mol. The van der Waals surface area contributed by atoms with Gasteiger partial charge >= 0.3 is 5.97 Å². The molecule has 3 heterocycles. The van der Waals surface area contributed by atoms with Crippen LogP contribution in [0.15, 0.2) is 21.8 Å². The molecule has 2 N–H and O–H groups in total. The van der Waals surface area contributed by atoms with Crippen LogP contribution >= 0.6 is 34.9 Å². The lowest BCUT2D eigenvalue weighted by Gasteiger charge is -2.50. The molecule has 14 heteroatoms. The number of nitrogens with one attached hydrogen (secondary N) is 2. The number of β-lactam (4-membered cyclic amide) rings is 1. The summed E-state index contributed by atoms with van der Waals surface area (Å²) in [7, 11) is 1.28. The van der Waals surface area contributed by atoms with E-state index < -0.39 is 34.8 Å². The highest BCUT2D eigenvalue weighted by atomic mass is 32.2. The van der Waals surface area contributed by atoms with Crippen LogP contribution in [-0.2, 0) is 28.8 Å². The van der Waals surface area contributed by atoms with Crippen LogP contribution in [0.25, 0.3) is 0 Å². The summed E-state index contributed by atoms with van der Waals surface area (Å²) in [5.41, 5.74) is 0.395. The molecule has 1 aromatic heterocycles. The van der Waals surface area contributed by atoms with Gasteiger partial charge in [0.1, 0.15) is 35.5 Å². The van der Waals surface area contributed by atoms with Crippen LogP contribution in [0.5, 0.6) is 0 Å². The summed E-state index contributed by atoms with van der Waals surface area (Å²) < 4.78 is 5.55. The number of nitrogens with zero attached hydrogens (tertiary/aromatic N) is 3. The summed E-state index contributed by atoms with van der Waals surface area (Å²) in [6, 6.07) is -0.862. The second-order valence-electron chi connectivity index (χ2n) is 8.17. The molecule has 1 saturated heterocycles. The van der Waals surface area contributed by atoms with Gasteiger partial charge in [-0.1, -0.05) is 5.16 Å². The second kappa shape index (κ2) is 10.8. The van der Waals surface area contributed by atoms with Gasteiger partial charge in [-0.05, 0) is 32.6 Å². The van der Waals surface area contributed by atoms with Gasteiger partial charge in [0.25, 0.3) is 11.8 Å². The number of rotatable bonds is 9. The van der Waals surface area contributed by atoms with E-state index in [1.54, 1.807) is 32.5 Å². The largest absolute Gasteiger partial charge is 0.455 e. The molecular formula is C20H25N5O6S3. The Morgan fingerprint density at radius 1 is 1.41 bits per heavy atom. The summed E-state index contributed by atoms with van der Waals surface area (Å²) >= 11 is 4.12. The first kappa shape index (κ1) is 26.0. The molecule has 3 amide bonds. The molecule has 1 unspecified atom stereocenters. The fourth-order valence-electron chi connectivity index (χ4n) is 3.29. The minimum Gasteiger partial charge on any atom is -0.455 e. The number of carbonyl (C=O) groups excluding carboxylic acids is 4. The summed E-state index contributed by atoms with van der Waals surface area (Å²) in [6.45, 7) is 5.29. The van der Waals surface area contributed by atoms with Gasteiger partial charge < -0.3 is 20.2 Å². The van der Waals surface area contributed by atoms with Crippen LogP contribution in [0.2, 0.25) is 0 Å². The maximum Gasteiger partial charge on any atom is 0.355 e. The predicted molar refractivity (Wildman–Crippen MR) is 132 cm³/mol. The first-order valence-electron chi connectivity index (χ1n) is 10.1. The normalized spacial score (nSPS) is 20.3. The van der Waals surface area contributed by atoms with Gasteiger partial charge in [0, 0.05) is 16.9 Å². The quantitative estimate of drug-likeness (QED) is 0.160. The Morgan fingerprint density at radius 2 is 2.15 bits per heavy atom. The van der Waals surface area contributed by atoms with Crippen molar-refractivity contribution in [1.82, 2.24) is 15.2 Å². The average molecular weight is 528 g/mol. The molecule has 0 spiro atoms. The summed E-state index contributed by atoms with van der Waals surface area (Å²) in [5, 5.41) is 10.2. The average Bonchev–Trinajstić information content (AvgIpc) is 3.22. The van der Waals surface area contributed by atoms with E-state index in [0.717, 1.165) is 16.9 Å². The highest BCUT2D eigenvalue weighted by Gasteiger charge is 2.54. The Balaban J connectivity index is 1.80. The number of oxime groups is 1. The van der Waals surface area contributed by atoms with Crippen molar-refractivity contribution in [2.75, 3.05) is 30.2 Å². The van der Waals surface area contributed by atoms with Gasteiger partial charge in [0.2, 0.25) is 6.41 Å². The molecule has 2 aliphatic rings. The van der Waals surface area contributed by atoms with E-state index in [2.05, 4.69) is 20.8 Å². The number of esters is 1. The molecular weight excluding hydrogens is 502 g/mol. The minimum absolute atomic E-state index is 0.143. The van der Waals surface area contributed by atoms with E-state index in [0.29, 0.717) is 17.9 Å². The Kier molecular flexibility index (Phi) is 8.25. The molecule has 1 aromatic rings. The van der Waals surface area contributed by atoms with Crippen molar-refractivity contribution >= 4 is 69.9 Å². The zero-order chi connectivity index (χ0) is 25.0. The molecule has 0 radical (unpaired) electrons. The third kappa shape index (κ3) is 5.55. The van der Waals surface area contributed by atoms with Gasteiger partial charge in [-0.15, -0.1) is 23.1 Å². The highest BCUT2D eigenvalue weighted by molar-refractivity contribution is 8.00. The van der Waals surface area contributed by atoms with Crippen molar-refractivity contribution in [3.63, 3.8) is 0 Å². The van der Waals surface area contributed by atoms with Crippen molar-refractivity contribution in [3.05, 3.63) is 22.3 Å². The number of hydrogen-bond donors (Lipinski definition) is 2. The maximum atomic E-state index is 13.1. The number of fused-ring (bicyclic) bond motifs is 1. The molecule has 184 valence electrons. The number of ether oxygens (including phenoxy) is 1. The topological polar surface area (TPSA) is 139 Å². The molecule has 0 aliphatic carbocycles. The van der Waals surface area contributed by atoms with Crippen LogP contribution in [0.1, 0.15) is 26.5 Å². The van der Waals surface area contributed by atoms with E-state index in [4.69, 9.17) is 9.57 Å². The number of anilines is 1. The Bertz CT molecular complexity index is 1050. The van der Waals surface area contributed by atoms with E-state index >= 15 is 0 Å². The number of carbonyl (C=O) groups is 4. The van der Waals surface area contributed by atoms with Crippen molar-refractivity contribution in [1.29, 1.82) is 0 Å². The number of thiazole rings is 1. The van der Waals surface area contributed by atoms with Crippen LogP contribution in [0, 0.1) is 0 Å². The van der Waals surface area contributed by atoms with E-state index in [1.165, 1.54) is 29.2 Å². The molecule has 0 saturated carbocycles. The van der Waals surface area contributed by atoms with Crippen LogP contribution in [-0.4, -0.2) is 81.7 Å². The summed E-state index contributed by atoms with van der Waals surface area (Å²) in [6.07, 6.45) is 2.39. The molecule has 3 rings (SSSR count). The van der Waals surface area contributed by atoms with Crippen molar-refractivity contribution in [2.24, 2.45) is 5.16 Å². The zero-order valence-electron chi connectivity index (χ0n) is 19.2. The van der Waals surface area contributed by atoms with E-state index in [-0.39, 0.29) is 22.2 Å². The molecule has 11 nitrogen and oxygen atoms in total. The lowest BCUT2D eigenvalue weighted by Crippen LogP contribution is -2.71. The standard InChI is InChI=1S/C20H25N5O6S3/c1-20(2,3)31-18(29)14-10(6-32-5)7-33-17-13(16(28)25(14)17)23-15(27)12(24-30-4)11-8-34-19(22-11)21-9-26/h8-9,13,17H,6-7H2,1-5H3,(H,23,27)(H,21,22,26)/t13?,17-/m0/s1. The summed E-state index contributed by atoms with van der Waals surface area (Å²) in [4.78, 5) is 59.9. The minimum atomic E-state index is -0.862. The fraction of sp³-hybridized carbons (Fsp3) is 0.500. The fourth-order valence-corrected chi connectivity index (χ4v) is 6.01. The van der Waals surface area contributed by atoms with Crippen LogP contribution < -0.4 is 10.6 Å². The van der Waals surface area contributed by atoms with Gasteiger partial charge in [-0.3, -0.25) is 19.3 Å². The lowest BCUT2D eigenvalue weighted by atomic mass is 10.0. The predicted octanol–water partition coefficient (Wildman–Crippen LogP) is 1.42. The van der Waals surface area contributed by atoms with Crippen LogP contribution in [0.3, 0.4) is 0 Å². The third-order valence-corrected chi connectivity index (χ3v) is 7.32. The Labute approximate surface area is 209 Å². The Hall–Kier alpha value is -2.58. The molecule has 0 bridgehead atoms. The second-order valence-corrected chi connectivity index (χ2v) is 11.0. The van der Waals surface area contributed by atoms with Crippen molar-refractivity contribution in [2.45, 2.75) is 37.8 Å². The zero-order valence-corrected chi connectivity index (χ0v) is 21.7. The molecule has 2 aliphatic heterocycles. The smallest absolute Gasteiger partial charge is 0.355 e. The lowest BCUT2D eigenvalue weighted by molar-refractivity contribution is -0.158. The van der Waals surface area contributed by atoms with Gasteiger partial charge in [-0.25, -0.2) is 9.78 Å². The first-order valence-corrected chi connectivity index (χ1v) is 13.4. The number of amides is 3. The first-order chi connectivity index (χ1) is 16.1. The van der Waals surface area contributed by atoms with E-state index in [1.807, 2.05) is 6.26 Å². The van der Waals surface area contributed by atoms with Gasteiger partial charge in [0.15, 0.2) is 10.8 Å². The Morgan fingerprint density at radius 3 is 2.76 bits per heavy atom. The molecule has 1 fully saturated rings. The SMILES string of the molecule is CON=C(C(=O)NC1C(=O)N2C(C(=O)OC(C)(C)C)=C(CSC)CS[C@@H]12)c1csc(NC=O)n1. The van der Waals surface area contributed by atoms with Gasteiger partial charge in [-0.2, -0.15) is 11.8 Å². The number of thioether (sulfide) groups is 2. The number of hydrogen-bond acceptors (Lipinski definition) is 11. The highest BCUT2D eigenvalue weighted by Crippen LogP contribution is 2.41. The number of aromatic nitrogens is 1. The van der Waals surface area contributed by atoms with Crippen molar-refractivity contribution in [3.8, 4) is 0 Å². The van der Waals surface area contributed by atoms with Crippen LogP contribution in [0.4, 0.5) is 5.13 Å². The summed E-state index contributed by atoms with van der Waals surface area (Å²) in [5.74, 6) is -0.522. The molecule has 0 aromatic carbocycles. The third-order valence-electron chi connectivity index (χ3n) is 4.57. The van der Waals surface area contributed by atoms with Crippen molar-refractivity contribution < 1.29 is 28.8 Å². The van der Waals surface area contributed by atoms with E-state index in [9.17, 15) is 19.2 Å².